The molecule has 128 valence electrons. The van der Waals surface area contributed by atoms with Gasteiger partial charge >= 0.3 is 0 Å². The van der Waals surface area contributed by atoms with Gasteiger partial charge < -0.3 is 10.2 Å². The monoisotopic (exact) mass is 343 g/mol. The fourth-order valence-electron chi connectivity index (χ4n) is 4.14. The number of nitrogens with zero attached hydrogens (tertiary/aromatic N) is 2. The molecular weight excluding hydrogens is 318 g/mol. The number of hydrogen-bond donors (Lipinski definition) is 1. The van der Waals surface area contributed by atoms with Crippen LogP contribution in [0.3, 0.4) is 0 Å². The molecule has 0 saturated carbocycles. The quantitative estimate of drug-likeness (QED) is 0.929. The van der Waals surface area contributed by atoms with Crippen molar-refractivity contribution in [3.05, 3.63) is 29.3 Å². The summed E-state index contributed by atoms with van der Waals surface area (Å²) in [5.41, 5.74) is 1.11. The number of piperidine rings is 1. The third-order valence-electron chi connectivity index (χ3n) is 5.57. The number of nitrogens with one attached hydrogen (secondary N) is 1. The van der Waals surface area contributed by atoms with Crippen molar-refractivity contribution in [2.24, 2.45) is 5.92 Å². The Kier molecular flexibility index (Phi) is 4.55. The lowest BCUT2D eigenvalue weighted by Crippen LogP contribution is -2.44. The maximum absolute atomic E-state index is 12.8. The van der Waals surface area contributed by atoms with Crippen molar-refractivity contribution in [1.29, 1.82) is 0 Å². The molecule has 3 heterocycles. The smallest absolute Gasteiger partial charge is 0.227 e. The van der Waals surface area contributed by atoms with E-state index in [9.17, 15) is 4.79 Å². The molecular formula is C19H25N3OS. The van der Waals surface area contributed by atoms with Gasteiger partial charge in [-0.3, -0.25) is 4.79 Å². The minimum atomic E-state index is 0.189. The number of benzene rings is 1. The molecule has 2 aromatic rings. The summed E-state index contributed by atoms with van der Waals surface area (Å²) in [6.07, 6.45) is 4.12. The Bertz CT molecular complexity index is 687. The Morgan fingerprint density at radius 1 is 1.29 bits per heavy atom. The third-order valence-corrected chi connectivity index (χ3v) is 6.77. The van der Waals surface area contributed by atoms with Crippen molar-refractivity contribution < 1.29 is 4.79 Å². The number of carbonyl (C=O) groups excluding carboxylic acids is 1. The molecule has 2 aliphatic heterocycles. The first kappa shape index (κ1) is 16.0. The number of amides is 1. The Hall–Kier alpha value is -1.46. The molecule has 24 heavy (non-hydrogen) atoms. The maximum atomic E-state index is 12.8. The second-order valence-corrected chi connectivity index (χ2v) is 8.05. The van der Waals surface area contributed by atoms with Gasteiger partial charge in [-0.15, -0.1) is 11.3 Å². The van der Waals surface area contributed by atoms with Gasteiger partial charge in [-0.1, -0.05) is 19.1 Å². The molecule has 2 saturated heterocycles. The lowest BCUT2D eigenvalue weighted by Gasteiger charge is -2.34. The van der Waals surface area contributed by atoms with Crippen LogP contribution >= 0.6 is 11.3 Å². The van der Waals surface area contributed by atoms with Crippen LogP contribution in [0.15, 0.2) is 24.3 Å². The van der Waals surface area contributed by atoms with Gasteiger partial charge in [0, 0.05) is 25.0 Å². The van der Waals surface area contributed by atoms with E-state index in [4.69, 9.17) is 4.98 Å². The molecule has 1 N–H and O–H groups in total. The van der Waals surface area contributed by atoms with Crippen molar-refractivity contribution in [3.8, 4) is 0 Å². The molecule has 0 radical (unpaired) electrons. The number of carbonyl (C=O) groups is 1. The van der Waals surface area contributed by atoms with Crippen molar-refractivity contribution in [1.82, 2.24) is 15.2 Å². The zero-order valence-corrected chi connectivity index (χ0v) is 15.0. The van der Waals surface area contributed by atoms with Gasteiger partial charge in [0.2, 0.25) is 5.91 Å². The van der Waals surface area contributed by atoms with E-state index >= 15 is 0 Å². The summed E-state index contributed by atoms with van der Waals surface area (Å²) >= 11 is 1.82. The van der Waals surface area contributed by atoms with Gasteiger partial charge in [0.1, 0.15) is 0 Å². The molecule has 2 aliphatic rings. The van der Waals surface area contributed by atoms with E-state index in [0.717, 1.165) is 50.8 Å². The van der Waals surface area contributed by atoms with Gasteiger partial charge in [0.05, 0.1) is 21.1 Å². The first-order valence-corrected chi connectivity index (χ1v) is 9.95. The van der Waals surface area contributed by atoms with Crippen LogP contribution in [0.1, 0.15) is 43.5 Å². The zero-order chi connectivity index (χ0) is 16.5. The zero-order valence-electron chi connectivity index (χ0n) is 14.2. The highest BCUT2D eigenvalue weighted by molar-refractivity contribution is 7.18. The lowest BCUT2D eigenvalue weighted by molar-refractivity contribution is -0.136. The van der Waals surface area contributed by atoms with E-state index in [1.54, 1.807) is 0 Å². The number of rotatable bonds is 3. The second kappa shape index (κ2) is 6.81. The first-order chi connectivity index (χ1) is 11.8. The summed E-state index contributed by atoms with van der Waals surface area (Å²) < 4.78 is 1.27. The molecule has 4 nitrogen and oxygen atoms in total. The molecule has 0 bridgehead atoms. The highest BCUT2D eigenvalue weighted by Crippen LogP contribution is 2.34. The van der Waals surface area contributed by atoms with Crippen LogP contribution in [-0.4, -0.2) is 41.5 Å². The number of hydrogen-bond acceptors (Lipinski definition) is 4. The third kappa shape index (κ3) is 2.95. The Morgan fingerprint density at radius 2 is 2.08 bits per heavy atom. The summed E-state index contributed by atoms with van der Waals surface area (Å²) in [6.45, 7) is 4.92. The van der Waals surface area contributed by atoms with E-state index in [-0.39, 0.29) is 5.92 Å². The van der Waals surface area contributed by atoms with Crippen LogP contribution < -0.4 is 5.32 Å². The van der Waals surface area contributed by atoms with Gasteiger partial charge in [0.25, 0.3) is 0 Å². The van der Waals surface area contributed by atoms with Crippen LogP contribution in [-0.2, 0) is 4.79 Å². The average molecular weight is 343 g/mol. The molecule has 2 atom stereocenters. The highest BCUT2D eigenvalue weighted by Gasteiger charge is 2.36. The largest absolute Gasteiger partial charge is 0.342 e. The summed E-state index contributed by atoms with van der Waals surface area (Å²) in [4.78, 5) is 19.7. The Morgan fingerprint density at radius 3 is 2.83 bits per heavy atom. The predicted octanol–water partition coefficient (Wildman–Crippen LogP) is 3.39. The molecule has 2 unspecified atom stereocenters. The summed E-state index contributed by atoms with van der Waals surface area (Å²) in [5.74, 6) is 1.07. The molecule has 0 spiro atoms. The number of thiazole rings is 1. The first-order valence-electron chi connectivity index (χ1n) is 9.14. The predicted molar refractivity (Wildman–Crippen MR) is 98.4 cm³/mol. The molecule has 1 aromatic heterocycles. The average Bonchev–Trinajstić information content (AvgIpc) is 3.27. The van der Waals surface area contributed by atoms with E-state index in [0.29, 0.717) is 17.9 Å². The number of likely N-dealkylation sites (tertiary alicyclic amines) is 1. The van der Waals surface area contributed by atoms with Crippen LogP contribution in [0.25, 0.3) is 10.2 Å². The highest BCUT2D eigenvalue weighted by atomic mass is 32.1. The minimum absolute atomic E-state index is 0.189. The minimum Gasteiger partial charge on any atom is -0.342 e. The molecule has 1 amide bonds. The van der Waals surface area contributed by atoms with E-state index in [1.807, 2.05) is 17.4 Å². The molecule has 2 fully saturated rings. The van der Waals surface area contributed by atoms with Gasteiger partial charge in [0.15, 0.2) is 0 Å². The molecule has 0 aliphatic carbocycles. The summed E-state index contributed by atoms with van der Waals surface area (Å²) in [7, 11) is 0. The fraction of sp³-hybridized carbons (Fsp3) is 0.579. The maximum Gasteiger partial charge on any atom is 0.227 e. The van der Waals surface area contributed by atoms with E-state index in [2.05, 4.69) is 35.3 Å². The second-order valence-electron chi connectivity index (χ2n) is 6.98. The van der Waals surface area contributed by atoms with Crippen molar-refractivity contribution >= 4 is 27.5 Å². The van der Waals surface area contributed by atoms with Crippen LogP contribution in [0.4, 0.5) is 0 Å². The van der Waals surface area contributed by atoms with Gasteiger partial charge in [-0.2, -0.15) is 0 Å². The van der Waals surface area contributed by atoms with Crippen molar-refractivity contribution in [3.63, 3.8) is 0 Å². The normalized spacial score (nSPS) is 25.5. The lowest BCUT2D eigenvalue weighted by atomic mass is 9.93. The van der Waals surface area contributed by atoms with E-state index < -0.39 is 0 Å². The van der Waals surface area contributed by atoms with Crippen LogP contribution in [0.5, 0.6) is 0 Å². The topological polar surface area (TPSA) is 45.2 Å². The molecule has 5 heteroatoms. The Balaban J connectivity index is 1.40. The molecule has 4 rings (SSSR count). The van der Waals surface area contributed by atoms with E-state index in [1.165, 1.54) is 9.71 Å². The van der Waals surface area contributed by atoms with Crippen molar-refractivity contribution in [2.75, 3.05) is 19.6 Å². The summed E-state index contributed by atoms with van der Waals surface area (Å²) in [6, 6.07) is 8.73. The fourth-order valence-corrected chi connectivity index (χ4v) is 5.27. The molecule has 1 aromatic carbocycles. The SMILES string of the molecule is CCC1NCCC1C(=O)N1CCC(c2nc3ccccc3s2)CC1. The number of fused-ring (bicyclic) bond motifs is 1. The number of aromatic nitrogens is 1. The van der Waals surface area contributed by atoms with Gasteiger partial charge in [-0.05, 0) is 44.4 Å². The Labute approximate surface area is 147 Å². The standard InChI is InChI=1S/C19H25N3OS/c1-2-15-14(7-10-20-15)19(23)22-11-8-13(9-12-22)18-21-16-5-3-4-6-17(16)24-18/h3-6,13-15,20H,2,7-12H2,1H3. The van der Waals surface area contributed by atoms with Crippen molar-refractivity contribution in [2.45, 2.75) is 44.6 Å². The van der Waals surface area contributed by atoms with Gasteiger partial charge in [-0.25, -0.2) is 4.98 Å². The summed E-state index contributed by atoms with van der Waals surface area (Å²) in [5, 5.41) is 4.72. The van der Waals surface area contributed by atoms with Crippen LogP contribution in [0, 0.1) is 5.92 Å². The van der Waals surface area contributed by atoms with Crippen LogP contribution in [0.2, 0.25) is 0 Å². The number of para-hydroxylation sites is 1.